The number of methoxy groups -OCH3 is 1. The second kappa shape index (κ2) is 4.72. The number of carbonyl (C=O) groups is 1. The van der Waals surface area contributed by atoms with Gasteiger partial charge in [0.25, 0.3) is 0 Å². The van der Waals surface area contributed by atoms with Crippen LogP contribution < -0.4 is 5.32 Å². The minimum atomic E-state index is -0.892. The van der Waals surface area contributed by atoms with Crippen molar-refractivity contribution in [2.24, 2.45) is 0 Å². The van der Waals surface area contributed by atoms with E-state index in [9.17, 15) is 9.90 Å². The van der Waals surface area contributed by atoms with Crippen molar-refractivity contribution in [3.05, 3.63) is 0 Å². The van der Waals surface area contributed by atoms with Gasteiger partial charge in [-0.25, -0.2) is 0 Å². The number of carboxylic acid groups (broad SMARTS) is 1. The number of hydrogen-bond donors (Lipinski definition) is 2. The maximum absolute atomic E-state index is 11.2. The summed E-state index contributed by atoms with van der Waals surface area (Å²) in [6, 6.07) is 0. The van der Waals surface area contributed by atoms with Crippen molar-refractivity contribution in [1.82, 2.24) is 10.2 Å². The SMILES string of the molecule is COCC(C)(C(=O)O)N1CCNCC1. The second-order valence-corrected chi connectivity index (χ2v) is 3.75. The number of hydrogen-bond acceptors (Lipinski definition) is 4. The van der Waals surface area contributed by atoms with Crippen molar-refractivity contribution in [1.29, 1.82) is 0 Å². The van der Waals surface area contributed by atoms with Gasteiger partial charge in [0.15, 0.2) is 0 Å². The van der Waals surface area contributed by atoms with Gasteiger partial charge in [0.2, 0.25) is 0 Å². The maximum Gasteiger partial charge on any atom is 0.326 e. The van der Waals surface area contributed by atoms with Gasteiger partial charge in [0, 0.05) is 33.3 Å². The third kappa shape index (κ3) is 2.23. The molecule has 5 nitrogen and oxygen atoms in total. The number of rotatable bonds is 4. The molecule has 2 N–H and O–H groups in total. The van der Waals surface area contributed by atoms with Gasteiger partial charge in [0.05, 0.1) is 6.61 Å². The third-order valence-electron chi connectivity index (χ3n) is 2.70. The van der Waals surface area contributed by atoms with Crippen molar-refractivity contribution in [3.63, 3.8) is 0 Å². The Labute approximate surface area is 84.0 Å². The standard InChI is InChI=1S/C9H18N2O3/c1-9(7-14-2,8(12)13)11-5-3-10-4-6-11/h10H,3-7H2,1-2H3,(H,12,13). The average molecular weight is 202 g/mol. The van der Waals surface area contributed by atoms with Crippen LogP contribution in [0, 0.1) is 0 Å². The highest BCUT2D eigenvalue weighted by molar-refractivity contribution is 5.78. The summed E-state index contributed by atoms with van der Waals surface area (Å²) in [6.07, 6.45) is 0. The fourth-order valence-electron chi connectivity index (χ4n) is 1.73. The van der Waals surface area contributed by atoms with E-state index in [1.807, 2.05) is 4.90 Å². The smallest absolute Gasteiger partial charge is 0.326 e. The van der Waals surface area contributed by atoms with Gasteiger partial charge in [0.1, 0.15) is 5.54 Å². The van der Waals surface area contributed by atoms with Crippen LogP contribution >= 0.6 is 0 Å². The first-order chi connectivity index (χ1) is 6.61. The summed E-state index contributed by atoms with van der Waals surface area (Å²) in [4.78, 5) is 13.1. The van der Waals surface area contributed by atoms with Crippen LogP contribution in [0.5, 0.6) is 0 Å². The number of piperazine rings is 1. The third-order valence-corrected chi connectivity index (χ3v) is 2.70. The van der Waals surface area contributed by atoms with Crippen molar-refractivity contribution in [3.8, 4) is 0 Å². The van der Waals surface area contributed by atoms with Gasteiger partial charge in [-0.1, -0.05) is 0 Å². The lowest BCUT2D eigenvalue weighted by Crippen LogP contribution is -2.60. The fraction of sp³-hybridized carbons (Fsp3) is 0.889. The summed E-state index contributed by atoms with van der Waals surface area (Å²) in [7, 11) is 1.53. The van der Waals surface area contributed by atoms with Crippen LogP contribution in [0.2, 0.25) is 0 Å². The molecule has 5 heteroatoms. The van der Waals surface area contributed by atoms with Crippen LogP contribution in [0.15, 0.2) is 0 Å². The lowest BCUT2D eigenvalue weighted by Gasteiger charge is -2.39. The lowest BCUT2D eigenvalue weighted by atomic mass is 10.0. The van der Waals surface area contributed by atoms with Crippen LogP contribution in [0.1, 0.15) is 6.92 Å². The van der Waals surface area contributed by atoms with Crippen molar-refractivity contribution in [2.75, 3.05) is 39.9 Å². The van der Waals surface area contributed by atoms with E-state index in [4.69, 9.17) is 4.74 Å². The number of aliphatic carboxylic acids is 1. The molecule has 1 saturated heterocycles. The predicted molar refractivity (Wildman–Crippen MR) is 52.4 cm³/mol. The van der Waals surface area contributed by atoms with Gasteiger partial charge < -0.3 is 15.2 Å². The Morgan fingerprint density at radius 1 is 1.57 bits per heavy atom. The van der Waals surface area contributed by atoms with E-state index in [0.29, 0.717) is 0 Å². The van der Waals surface area contributed by atoms with E-state index in [2.05, 4.69) is 5.32 Å². The molecule has 1 atom stereocenters. The number of ether oxygens (including phenoxy) is 1. The molecular weight excluding hydrogens is 184 g/mol. The zero-order chi connectivity index (χ0) is 10.6. The Hall–Kier alpha value is -0.650. The number of nitrogens with one attached hydrogen (secondary N) is 1. The fourth-order valence-corrected chi connectivity index (χ4v) is 1.73. The minimum Gasteiger partial charge on any atom is -0.480 e. The minimum absolute atomic E-state index is 0.225. The lowest BCUT2D eigenvalue weighted by molar-refractivity contribution is -0.154. The topological polar surface area (TPSA) is 61.8 Å². The molecule has 0 aromatic carbocycles. The Morgan fingerprint density at radius 2 is 2.14 bits per heavy atom. The molecule has 0 spiro atoms. The highest BCUT2D eigenvalue weighted by Crippen LogP contribution is 2.16. The van der Waals surface area contributed by atoms with E-state index >= 15 is 0 Å². The summed E-state index contributed by atoms with van der Waals surface area (Å²) in [6.45, 7) is 5.13. The monoisotopic (exact) mass is 202 g/mol. The van der Waals surface area contributed by atoms with E-state index in [1.165, 1.54) is 7.11 Å². The molecule has 1 aliphatic rings. The first-order valence-electron chi connectivity index (χ1n) is 4.79. The van der Waals surface area contributed by atoms with Crippen molar-refractivity contribution >= 4 is 5.97 Å². The Bertz CT molecular complexity index is 204. The summed E-state index contributed by atoms with van der Waals surface area (Å²) < 4.78 is 4.98. The quantitative estimate of drug-likeness (QED) is 0.636. The molecule has 82 valence electrons. The molecule has 1 rings (SSSR count). The van der Waals surface area contributed by atoms with Gasteiger partial charge in [-0.2, -0.15) is 0 Å². The second-order valence-electron chi connectivity index (χ2n) is 3.75. The molecule has 1 unspecified atom stereocenters. The van der Waals surface area contributed by atoms with Gasteiger partial charge >= 0.3 is 5.97 Å². The molecule has 0 radical (unpaired) electrons. The Morgan fingerprint density at radius 3 is 2.57 bits per heavy atom. The molecule has 1 fully saturated rings. The summed E-state index contributed by atoms with van der Waals surface area (Å²) in [5.74, 6) is -0.818. The highest BCUT2D eigenvalue weighted by atomic mass is 16.5. The van der Waals surface area contributed by atoms with E-state index < -0.39 is 11.5 Å². The van der Waals surface area contributed by atoms with Crippen LogP contribution in [-0.2, 0) is 9.53 Å². The summed E-state index contributed by atoms with van der Waals surface area (Å²) in [5, 5.41) is 12.4. The largest absolute Gasteiger partial charge is 0.480 e. The van der Waals surface area contributed by atoms with Crippen molar-refractivity contribution < 1.29 is 14.6 Å². The Balaban J connectivity index is 2.69. The van der Waals surface area contributed by atoms with E-state index in [-0.39, 0.29) is 6.61 Å². The van der Waals surface area contributed by atoms with E-state index in [0.717, 1.165) is 26.2 Å². The first-order valence-corrected chi connectivity index (χ1v) is 4.79. The molecular formula is C9H18N2O3. The molecule has 14 heavy (non-hydrogen) atoms. The van der Waals surface area contributed by atoms with Gasteiger partial charge in [-0.05, 0) is 6.92 Å². The van der Waals surface area contributed by atoms with E-state index in [1.54, 1.807) is 6.92 Å². The van der Waals surface area contributed by atoms with Crippen LogP contribution in [0.3, 0.4) is 0 Å². The van der Waals surface area contributed by atoms with Gasteiger partial charge in [-0.15, -0.1) is 0 Å². The zero-order valence-corrected chi connectivity index (χ0v) is 8.75. The normalized spacial score (nSPS) is 23.0. The van der Waals surface area contributed by atoms with Crippen LogP contribution in [0.4, 0.5) is 0 Å². The predicted octanol–water partition coefficient (Wildman–Crippen LogP) is -0.619. The molecule has 0 bridgehead atoms. The van der Waals surface area contributed by atoms with Crippen molar-refractivity contribution in [2.45, 2.75) is 12.5 Å². The summed E-state index contributed by atoms with van der Waals surface area (Å²) >= 11 is 0. The molecule has 0 aromatic heterocycles. The highest BCUT2D eigenvalue weighted by Gasteiger charge is 2.39. The molecule has 0 aromatic rings. The zero-order valence-electron chi connectivity index (χ0n) is 8.75. The first kappa shape index (κ1) is 11.4. The Kier molecular flexibility index (Phi) is 3.86. The van der Waals surface area contributed by atoms with Gasteiger partial charge in [-0.3, -0.25) is 9.69 Å². The summed E-state index contributed by atoms with van der Waals surface area (Å²) in [5.41, 5.74) is -0.892. The molecule has 0 saturated carbocycles. The number of nitrogens with zero attached hydrogens (tertiary/aromatic N) is 1. The molecule has 0 amide bonds. The average Bonchev–Trinajstić information content (AvgIpc) is 2.19. The molecule has 1 aliphatic heterocycles. The molecule has 0 aliphatic carbocycles. The maximum atomic E-state index is 11.2. The molecule has 1 heterocycles. The van der Waals surface area contributed by atoms with Crippen LogP contribution in [0.25, 0.3) is 0 Å². The number of carboxylic acids is 1. The van der Waals surface area contributed by atoms with Crippen LogP contribution in [-0.4, -0.2) is 61.4 Å².